The van der Waals surface area contributed by atoms with Gasteiger partial charge in [-0.15, -0.1) is 0 Å². The van der Waals surface area contributed by atoms with E-state index in [4.69, 9.17) is 0 Å². The summed E-state index contributed by atoms with van der Waals surface area (Å²) in [5.41, 5.74) is 2.75. The summed E-state index contributed by atoms with van der Waals surface area (Å²) in [6, 6.07) is 5.32. The maximum Gasteiger partial charge on any atom is 0.338 e. The minimum atomic E-state index is -2.98. The first kappa shape index (κ1) is 13.0. The molecule has 0 spiro atoms. The second kappa shape index (κ2) is 5.04. The Morgan fingerprint density at radius 3 is 2.61 bits per heavy atom. The van der Waals surface area contributed by atoms with Crippen LogP contribution in [0.15, 0.2) is 18.2 Å². The number of carbonyl (C=O) groups excluding carboxylic acids is 1. The van der Waals surface area contributed by atoms with E-state index in [1.165, 1.54) is 12.0 Å². The average molecular weight is 254 g/mol. The predicted octanol–water partition coefficient (Wildman–Crippen LogP) is 3.38. The zero-order valence-electron chi connectivity index (χ0n) is 10.3. The summed E-state index contributed by atoms with van der Waals surface area (Å²) in [4.78, 5) is 11.6. The van der Waals surface area contributed by atoms with Gasteiger partial charge in [-0.3, -0.25) is 0 Å². The van der Waals surface area contributed by atoms with Gasteiger partial charge in [0.1, 0.15) is 0 Å². The molecular weight excluding hydrogens is 238 g/mol. The molecule has 0 fully saturated rings. The summed E-state index contributed by atoms with van der Waals surface area (Å²) in [5.74, 6) is -3.66. The highest BCUT2D eigenvalue weighted by atomic mass is 19.3. The number of aryl methyl sites for hydroxylation is 2. The number of hydrogen-bond acceptors (Lipinski definition) is 2. The van der Waals surface area contributed by atoms with Crippen molar-refractivity contribution in [2.75, 3.05) is 6.61 Å². The quantitative estimate of drug-likeness (QED) is 0.773. The number of ether oxygens (including phenoxy) is 1. The summed E-state index contributed by atoms with van der Waals surface area (Å²) in [6.07, 6.45) is 4.25. The zero-order chi connectivity index (χ0) is 13.2. The molecule has 18 heavy (non-hydrogen) atoms. The van der Waals surface area contributed by atoms with Crippen LogP contribution in [0.3, 0.4) is 0 Å². The second-order valence-electron chi connectivity index (χ2n) is 4.84. The molecule has 0 bridgehead atoms. The number of alkyl halides is 2. The summed E-state index contributed by atoms with van der Waals surface area (Å²) in [5, 5.41) is 0. The first-order valence-electron chi connectivity index (χ1n) is 6.12. The van der Waals surface area contributed by atoms with Crippen LogP contribution in [-0.4, -0.2) is 18.5 Å². The molecule has 1 aliphatic carbocycles. The smallest absolute Gasteiger partial charge is 0.338 e. The molecule has 0 radical (unpaired) electrons. The SMILES string of the molecule is CC(F)(F)COC(=O)c1ccc2c(c1)CCCC2. The van der Waals surface area contributed by atoms with Crippen molar-refractivity contribution in [2.45, 2.75) is 38.5 Å². The van der Waals surface area contributed by atoms with Crippen LogP contribution in [0, 0.1) is 0 Å². The zero-order valence-corrected chi connectivity index (χ0v) is 10.3. The maximum atomic E-state index is 12.6. The average Bonchev–Trinajstić information content (AvgIpc) is 2.34. The molecule has 0 atom stereocenters. The fraction of sp³-hybridized carbons (Fsp3) is 0.500. The fourth-order valence-corrected chi connectivity index (χ4v) is 2.14. The van der Waals surface area contributed by atoms with Crippen molar-refractivity contribution in [3.63, 3.8) is 0 Å². The minimum Gasteiger partial charge on any atom is -0.456 e. The van der Waals surface area contributed by atoms with E-state index in [0.717, 1.165) is 31.7 Å². The van der Waals surface area contributed by atoms with Gasteiger partial charge in [0.2, 0.25) is 0 Å². The Labute approximate surface area is 105 Å². The lowest BCUT2D eigenvalue weighted by Gasteiger charge is -2.16. The van der Waals surface area contributed by atoms with E-state index in [-0.39, 0.29) is 0 Å². The van der Waals surface area contributed by atoms with Crippen molar-refractivity contribution in [3.8, 4) is 0 Å². The van der Waals surface area contributed by atoms with Crippen molar-refractivity contribution in [1.82, 2.24) is 0 Å². The van der Waals surface area contributed by atoms with Gasteiger partial charge in [0.25, 0.3) is 5.92 Å². The van der Waals surface area contributed by atoms with Crippen LogP contribution in [-0.2, 0) is 17.6 Å². The van der Waals surface area contributed by atoms with Crippen molar-refractivity contribution in [3.05, 3.63) is 34.9 Å². The molecule has 0 aromatic heterocycles. The lowest BCUT2D eigenvalue weighted by molar-refractivity contribution is -0.0467. The molecule has 0 saturated heterocycles. The fourth-order valence-electron chi connectivity index (χ4n) is 2.14. The largest absolute Gasteiger partial charge is 0.456 e. The highest BCUT2D eigenvalue weighted by molar-refractivity contribution is 5.89. The van der Waals surface area contributed by atoms with Crippen LogP contribution in [0.25, 0.3) is 0 Å². The molecule has 4 heteroatoms. The molecule has 2 nitrogen and oxygen atoms in total. The van der Waals surface area contributed by atoms with Gasteiger partial charge >= 0.3 is 5.97 Å². The normalized spacial score (nSPS) is 15.1. The molecule has 1 aromatic carbocycles. The highest BCUT2D eigenvalue weighted by Crippen LogP contribution is 2.23. The molecule has 0 N–H and O–H groups in total. The number of carbonyl (C=O) groups is 1. The molecule has 0 unspecified atom stereocenters. The van der Waals surface area contributed by atoms with Gasteiger partial charge in [-0.05, 0) is 48.9 Å². The Balaban J connectivity index is 2.07. The second-order valence-corrected chi connectivity index (χ2v) is 4.84. The minimum absolute atomic E-state index is 0.361. The number of rotatable bonds is 3. The molecule has 98 valence electrons. The Morgan fingerprint density at radius 1 is 1.28 bits per heavy atom. The van der Waals surface area contributed by atoms with Crippen molar-refractivity contribution in [2.24, 2.45) is 0 Å². The Bertz CT molecular complexity index is 450. The number of halogens is 2. The van der Waals surface area contributed by atoms with Crippen molar-refractivity contribution >= 4 is 5.97 Å². The van der Waals surface area contributed by atoms with E-state index < -0.39 is 18.5 Å². The van der Waals surface area contributed by atoms with E-state index >= 15 is 0 Å². The molecule has 1 aromatic rings. The third kappa shape index (κ3) is 3.28. The molecule has 0 saturated carbocycles. The molecule has 1 aliphatic rings. The highest BCUT2D eigenvalue weighted by Gasteiger charge is 2.24. The van der Waals surface area contributed by atoms with Crippen molar-refractivity contribution in [1.29, 1.82) is 0 Å². The van der Waals surface area contributed by atoms with E-state index in [1.54, 1.807) is 12.1 Å². The number of fused-ring (bicyclic) bond motifs is 1. The van der Waals surface area contributed by atoms with Crippen molar-refractivity contribution < 1.29 is 18.3 Å². The van der Waals surface area contributed by atoms with Crippen LogP contribution in [0.5, 0.6) is 0 Å². The van der Waals surface area contributed by atoms with E-state index in [0.29, 0.717) is 5.56 Å². The van der Waals surface area contributed by atoms with Crippen LogP contribution in [0.1, 0.15) is 41.3 Å². The third-order valence-corrected chi connectivity index (χ3v) is 3.04. The Hall–Kier alpha value is -1.45. The molecule has 0 amide bonds. The molecule has 2 rings (SSSR count). The summed E-state index contributed by atoms with van der Waals surface area (Å²) in [6.45, 7) is -0.143. The van der Waals surface area contributed by atoms with Gasteiger partial charge in [0.05, 0.1) is 5.56 Å². The number of hydrogen-bond donors (Lipinski definition) is 0. The summed E-state index contributed by atoms with van der Waals surface area (Å²) in [7, 11) is 0. The summed E-state index contributed by atoms with van der Waals surface area (Å²) >= 11 is 0. The predicted molar refractivity (Wildman–Crippen MR) is 64.0 cm³/mol. The van der Waals surface area contributed by atoms with Gasteiger partial charge in [0.15, 0.2) is 6.61 Å². The standard InChI is InChI=1S/C14H16F2O2/c1-14(15,16)9-18-13(17)12-7-6-10-4-2-3-5-11(10)8-12/h6-8H,2-5,9H2,1H3. The topological polar surface area (TPSA) is 26.3 Å². The Kier molecular flexibility index (Phi) is 3.64. The van der Waals surface area contributed by atoms with E-state index in [9.17, 15) is 13.6 Å². The van der Waals surface area contributed by atoms with Gasteiger partial charge in [-0.1, -0.05) is 6.07 Å². The van der Waals surface area contributed by atoms with E-state index in [2.05, 4.69) is 4.74 Å². The molecular formula is C14H16F2O2. The third-order valence-electron chi connectivity index (χ3n) is 3.04. The first-order chi connectivity index (χ1) is 8.46. The van der Waals surface area contributed by atoms with Crippen LogP contribution in [0.2, 0.25) is 0 Å². The van der Waals surface area contributed by atoms with Gasteiger partial charge in [-0.25, -0.2) is 13.6 Å². The van der Waals surface area contributed by atoms with Crippen LogP contribution >= 0.6 is 0 Å². The monoisotopic (exact) mass is 254 g/mol. The number of esters is 1. The van der Waals surface area contributed by atoms with Crippen LogP contribution < -0.4 is 0 Å². The van der Waals surface area contributed by atoms with Gasteiger partial charge < -0.3 is 4.74 Å². The lowest BCUT2D eigenvalue weighted by atomic mass is 9.90. The molecule has 0 heterocycles. The lowest BCUT2D eigenvalue weighted by Crippen LogP contribution is -2.22. The van der Waals surface area contributed by atoms with E-state index in [1.807, 2.05) is 6.07 Å². The summed E-state index contributed by atoms with van der Waals surface area (Å²) < 4.78 is 29.8. The maximum absolute atomic E-state index is 12.6. The van der Waals surface area contributed by atoms with Gasteiger partial charge in [0, 0.05) is 6.92 Å². The Morgan fingerprint density at radius 2 is 1.94 bits per heavy atom. The van der Waals surface area contributed by atoms with Crippen LogP contribution in [0.4, 0.5) is 8.78 Å². The first-order valence-corrected chi connectivity index (χ1v) is 6.12. The molecule has 0 aliphatic heterocycles. The number of benzene rings is 1. The van der Waals surface area contributed by atoms with Gasteiger partial charge in [-0.2, -0.15) is 0 Å².